The van der Waals surface area contributed by atoms with E-state index in [0.29, 0.717) is 17.8 Å². The number of nitrogens with zero attached hydrogens (tertiary/aromatic N) is 4. The summed E-state index contributed by atoms with van der Waals surface area (Å²) in [5, 5.41) is 12.3. The first kappa shape index (κ1) is 12.3. The topological polar surface area (TPSA) is 74.2 Å². The average Bonchev–Trinajstić information content (AvgIpc) is 2.77. The van der Waals surface area contributed by atoms with Crippen molar-refractivity contribution in [2.45, 2.75) is 13.3 Å². The minimum Gasteiger partial charge on any atom is -0.396 e. The predicted octanol–water partition coefficient (Wildman–Crippen LogP) is 0.775. The second-order valence-corrected chi connectivity index (χ2v) is 4.38. The van der Waals surface area contributed by atoms with E-state index in [9.17, 15) is 0 Å². The van der Waals surface area contributed by atoms with Gasteiger partial charge in [-0.05, 0) is 24.9 Å². The number of aromatic nitrogens is 3. The molecule has 1 unspecified atom stereocenters. The molecule has 1 aliphatic heterocycles. The zero-order valence-electron chi connectivity index (χ0n) is 9.73. The van der Waals surface area contributed by atoms with Crippen molar-refractivity contribution in [1.82, 2.24) is 15.0 Å². The number of rotatable bonds is 4. The SMILES string of the molecule is CCNc1nc(Cl)nc(N2CCC(CO)C2)n1. The number of anilines is 2. The van der Waals surface area contributed by atoms with Gasteiger partial charge >= 0.3 is 0 Å². The highest BCUT2D eigenvalue weighted by molar-refractivity contribution is 6.28. The van der Waals surface area contributed by atoms with Gasteiger partial charge in [0.1, 0.15) is 0 Å². The number of aliphatic hydroxyl groups is 1. The third-order valence-corrected chi connectivity index (χ3v) is 2.93. The van der Waals surface area contributed by atoms with Gasteiger partial charge < -0.3 is 15.3 Å². The van der Waals surface area contributed by atoms with Crippen LogP contribution in [0.5, 0.6) is 0 Å². The largest absolute Gasteiger partial charge is 0.396 e. The van der Waals surface area contributed by atoms with Crippen molar-refractivity contribution in [3.8, 4) is 0 Å². The molecule has 1 aromatic heterocycles. The molecule has 2 heterocycles. The third kappa shape index (κ3) is 2.95. The summed E-state index contributed by atoms with van der Waals surface area (Å²) in [5.74, 6) is 1.37. The molecule has 0 saturated carbocycles. The van der Waals surface area contributed by atoms with Crippen LogP contribution in [0.2, 0.25) is 5.28 Å². The van der Waals surface area contributed by atoms with Gasteiger partial charge in [-0.3, -0.25) is 0 Å². The molecule has 2 rings (SSSR count). The second-order valence-electron chi connectivity index (χ2n) is 4.04. The van der Waals surface area contributed by atoms with Crippen LogP contribution >= 0.6 is 11.6 Å². The summed E-state index contributed by atoms with van der Waals surface area (Å²) in [4.78, 5) is 14.4. The van der Waals surface area contributed by atoms with Crippen molar-refractivity contribution in [1.29, 1.82) is 0 Å². The Morgan fingerprint density at radius 2 is 2.29 bits per heavy atom. The van der Waals surface area contributed by atoms with Crippen LogP contribution in [-0.4, -0.2) is 46.3 Å². The van der Waals surface area contributed by atoms with Gasteiger partial charge in [0, 0.05) is 32.2 Å². The van der Waals surface area contributed by atoms with Crippen LogP contribution in [0.15, 0.2) is 0 Å². The van der Waals surface area contributed by atoms with Crippen molar-refractivity contribution < 1.29 is 5.11 Å². The molecule has 94 valence electrons. The monoisotopic (exact) mass is 257 g/mol. The van der Waals surface area contributed by atoms with Gasteiger partial charge in [0.25, 0.3) is 0 Å². The standard InChI is InChI=1S/C10H16ClN5O/c1-2-12-9-13-8(11)14-10(15-9)16-4-3-7(5-16)6-17/h7,17H,2-6H2,1H3,(H,12,13,14,15). The molecule has 2 N–H and O–H groups in total. The molecule has 17 heavy (non-hydrogen) atoms. The van der Waals surface area contributed by atoms with E-state index in [1.54, 1.807) is 0 Å². The predicted molar refractivity (Wildman–Crippen MR) is 66.4 cm³/mol. The highest BCUT2D eigenvalue weighted by Crippen LogP contribution is 2.21. The summed E-state index contributed by atoms with van der Waals surface area (Å²) in [6.45, 7) is 4.52. The van der Waals surface area contributed by atoms with Crippen LogP contribution in [0.3, 0.4) is 0 Å². The smallest absolute Gasteiger partial charge is 0.231 e. The molecule has 1 atom stereocenters. The van der Waals surface area contributed by atoms with Crippen LogP contribution in [0.25, 0.3) is 0 Å². The molecule has 0 amide bonds. The van der Waals surface area contributed by atoms with E-state index < -0.39 is 0 Å². The lowest BCUT2D eigenvalue weighted by molar-refractivity contribution is 0.238. The minimum absolute atomic E-state index is 0.193. The highest BCUT2D eigenvalue weighted by atomic mass is 35.5. The van der Waals surface area contributed by atoms with Crippen LogP contribution in [-0.2, 0) is 0 Å². The number of hydrogen-bond donors (Lipinski definition) is 2. The molecular weight excluding hydrogens is 242 g/mol. The van der Waals surface area contributed by atoms with Crippen molar-refractivity contribution in [2.75, 3.05) is 36.5 Å². The molecule has 1 fully saturated rings. The lowest BCUT2D eigenvalue weighted by atomic mass is 10.1. The molecule has 0 aromatic carbocycles. The third-order valence-electron chi connectivity index (χ3n) is 2.76. The van der Waals surface area contributed by atoms with Crippen molar-refractivity contribution in [3.05, 3.63) is 5.28 Å². The van der Waals surface area contributed by atoms with Gasteiger partial charge in [0.2, 0.25) is 17.2 Å². The molecule has 0 radical (unpaired) electrons. The van der Waals surface area contributed by atoms with E-state index in [4.69, 9.17) is 16.7 Å². The summed E-state index contributed by atoms with van der Waals surface area (Å²) in [5.41, 5.74) is 0. The lowest BCUT2D eigenvalue weighted by Crippen LogP contribution is -2.23. The Labute approximate surface area is 105 Å². The Balaban J connectivity index is 2.15. The summed E-state index contributed by atoms with van der Waals surface area (Å²) in [6, 6.07) is 0. The maximum Gasteiger partial charge on any atom is 0.231 e. The van der Waals surface area contributed by atoms with Crippen molar-refractivity contribution in [3.63, 3.8) is 0 Å². The Kier molecular flexibility index (Phi) is 3.96. The van der Waals surface area contributed by atoms with Crippen LogP contribution in [0.1, 0.15) is 13.3 Å². The molecule has 0 aliphatic carbocycles. The second kappa shape index (κ2) is 5.46. The van der Waals surface area contributed by atoms with E-state index in [-0.39, 0.29) is 11.9 Å². The van der Waals surface area contributed by atoms with Gasteiger partial charge in [0.15, 0.2) is 0 Å². The van der Waals surface area contributed by atoms with Crippen molar-refractivity contribution in [2.24, 2.45) is 5.92 Å². The molecule has 1 aliphatic rings. The number of nitrogens with one attached hydrogen (secondary N) is 1. The van der Waals surface area contributed by atoms with E-state index in [1.807, 2.05) is 11.8 Å². The fourth-order valence-corrected chi connectivity index (χ4v) is 2.04. The van der Waals surface area contributed by atoms with Gasteiger partial charge in [-0.25, -0.2) is 0 Å². The van der Waals surface area contributed by atoms with E-state index in [1.165, 1.54) is 0 Å². The highest BCUT2D eigenvalue weighted by Gasteiger charge is 2.24. The fraction of sp³-hybridized carbons (Fsp3) is 0.700. The molecule has 0 spiro atoms. The Morgan fingerprint density at radius 3 is 2.94 bits per heavy atom. The Bertz CT molecular complexity index is 389. The summed E-state index contributed by atoms with van der Waals surface area (Å²) < 4.78 is 0. The van der Waals surface area contributed by atoms with E-state index in [0.717, 1.165) is 26.1 Å². The van der Waals surface area contributed by atoms with E-state index in [2.05, 4.69) is 20.3 Å². The normalized spacial score (nSPS) is 19.7. The minimum atomic E-state index is 0.193. The fourth-order valence-electron chi connectivity index (χ4n) is 1.88. The molecule has 7 heteroatoms. The lowest BCUT2D eigenvalue weighted by Gasteiger charge is -2.16. The van der Waals surface area contributed by atoms with Crippen LogP contribution in [0, 0.1) is 5.92 Å². The number of hydrogen-bond acceptors (Lipinski definition) is 6. The van der Waals surface area contributed by atoms with Crippen LogP contribution in [0.4, 0.5) is 11.9 Å². The maximum absolute atomic E-state index is 9.11. The van der Waals surface area contributed by atoms with E-state index >= 15 is 0 Å². The first-order chi connectivity index (χ1) is 8.22. The zero-order valence-corrected chi connectivity index (χ0v) is 10.5. The maximum atomic E-state index is 9.11. The molecular formula is C10H16ClN5O. The van der Waals surface area contributed by atoms with Gasteiger partial charge in [-0.15, -0.1) is 0 Å². The number of halogens is 1. The van der Waals surface area contributed by atoms with Crippen LogP contribution < -0.4 is 10.2 Å². The first-order valence-electron chi connectivity index (χ1n) is 5.74. The quantitative estimate of drug-likeness (QED) is 0.830. The Morgan fingerprint density at radius 1 is 1.47 bits per heavy atom. The number of aliphatic hydroxyl groups excluding tert-OH is 1. The van der Waals surface area contributed by atoms with Gasteiger partial charge in [-0.2, -0.15) is 15.0 Å². The molecule has 0 bridgehead atoms. The zero-order chi connectivity index (χ0) is 12.3. The summed E-state index contributed by atoms with van der Waals surface area (Å²) in [6.07, 6.45) is 0.955. The average molecular weight is 258 g/mol. The summed E-state index contributed by atoms with van der Waals surface area (Å²) in [7, 11) is 0. The van der Waals surface area contributed by atoms with Gasteiger partial charge in [-0.1, -0.05) is 0 Å². The Hall–Kier alpha value is -1.14. The molecule has 6 nitrogen and oxygen atoms in total. The van der Waals surface area contributed by atoms with Crippen molar-refractivity contribution >= 4 is 23.5 Å². The first-order valence-corrected chi connectivity index (χ1v) is 6.12. The molecule has 1 aromatic rings. The molecule has 1 saturated heterocycles. The van der Waals surface area contributed by atoms with Gasteiger partial charge in [0.05, 0.1) is 0 Å². The summed E-state index contributed by atoms with van der Waals surface area (Å²) >= 11 is 5.86.